The zero-order chi connectivity index (χ0) is 16.0. The Morgan fingerprint density at radius 3 is 2.52 bits per heavy atom. The Morgan fingerprint density at radius 1 is 1.33 bits per heavy atom. The topological polar surface area (TPSA) is 66.4 Å². The van der Waals surface area contributed by atoms with Crippen LogP contribution in [-0.2, 0) is 4.79 Å². The second-order valence-corrected chi connectivity index (χ2v) is 6.17. The van der Waals surface area contributed by atoms with Crippen molar-refractivity contribution in [2.45, 2.75) is 33.6 Å². The number of rotatable bonds is 7. The van der Waals surface area contributed by atoms with Crippen LogP contribution in [0.15, 0.2) is 18.2 Å². The van der Waals surface area contributed by atoms with E-state index < -0.39 is 5.97 Å². The Kier molecular flexibility index (Phi) is 6.69. The highest BCUT2D eigenvalue weighted by Gasteiger charge is 2.16. The van der Waals surface area contributed by atoms with Crippen LogP contribution in [-0.4, -0.2) is 23.5 Å². The summed E-state index contributed by atoms with van der Waals surface area (Å²) in [5.74, 6) is -0.699. The molecule has 0 bridgehead atoms. The summed E-state index contributed by atoms with van der Waals surface area (Å²) < 4.78 is 0. The third-order valence-corrected chi connectivity index (χ3v) is 3.66. The van der Waals surface area contributed by atoms with Gasteiger partial charge in [0.05, 0.1) is 0 Å². The van der Waals surface area contributed by atoms with Crippen LogP contribution in [0.25, 0.3) is 0 Å². The van der Waals surface area contributed by atoms with Crippen molar-refractivity contribution in [2.24, 2.45) is 11.8 Å². The molecule has 0 fully saturated rings. The number of amides is 1. The molecule has 0 heterocycles. The van der Waals surface area contributed by atoms with E-state index >= 15 is 0 Å². The van der Waals surface area contributed by atoms with Crippen molar-refractivity contribution >= 4 is 23.5 Å². The lowest BCUT2D eigenvalue weighted by atomic mass is 9.94. The van der Waals surface area contributed by atoms with Crippen LogP contribution in [0.5, 0.6) is 0 Å². The molecular weight excluding hydrogens is 290 g/mol. The van der Waals surface area contributed by atoms with Crippen LogP contribution in [0.3, 0.4) is 0 Å². The van der Waals surface area contributed by atoms with E-state index in [4.69, 9.17) is 16.7 Å². The first-order chi connectivity index (χ1) is 9.79. The number of carboxylic acid groups (broad SMARTS) is 1. The molecule has 1 aromatic rings. The number of benzene rings is 1. The van der Waals surface area contributed by atoms with Crippen molar-refractivity contribution in [3.05, 3.63) is 34.3 Å². The Morgan fingerprint density at radius 2 is 2.00 bits per heavy atom. The Balaban J connectivity index is 2.63. The fourth-order valence-corrected chi connectivity index (χ4v) is 2.40. The van der Waals surface area contributed by atoms with E-state index in [0.29, 0.717) is 23.0 Å². The molecule has 0 saturated heterocycles. The van der Waals surface area contributed by atoms with Crippen molar-refractivity contribution in [1.29, 1.82) is 0 Å². The second kappa shape index (κ2) is 8.03. The first kappa shape index (κ1) is 17.5. The van der Waals surface area contributed by atoms with E-state index in [2.05, 4.69) is 5.32 Å². The van der Waals surface area contributed by atoms with Gasteiger partial charge in [0.25, 0.3) is 5.91 Å². The standard InChI is InChI=1S/C16H22ClNO3/c1-10(2)6-12(8-15(19)20)9-18-16(21)13-4-5-14(17)11(3)7-13/h4-5,7,10,12H,6,8-9H2,1-3H3,(H,18,21)(H,19,20). The van der Waals surface area contributed by atoms with Gasteiger partial charge in [0.1, 0.15) is 0 Å². The predicted molar refractivity (Wildman–Crippen MR) is 83.7 cm³/mol. The molecule has 0 aliphatic carbocycles. The van der Waals surface area contributed by atoms with Gasteiger partial charge in [0, 0.05) is 23.6 Å². The lowest BCUT2D eigenvalue weighted by Gasteiger charge is -2.18. The number of halogens is 1. The van der Waals surface area contributed by atoms with Gasteiger partial charge in [-0.15, -0.1) is 0 Å². The van der Waals surface area contributed by atoms with E-state index in [1.807, 2.05) is 20.8 Å². The third-order valence-electron chi connectivity index (χ3n) is 3.24. The van der Waals surface area contributed by atoms with Crippen LogP contribution in [0.4, 0.5) is 0 Å². The van der Waals surface area contributed by atoms with Crippen molar-refractivity contribution in [1.82, 2.24) is 5.32 Å². The largest absolute Gasteiger partial charge is 0.481 e. The molecule has 21 heavy (non-hydrogen) atoms. The summed E-state index contributed by atoms with van der Waals surface area (Å²) in [5, 5.41) is 12.4. The average molecular weight is 312 g/mol. The number of aryl methyl sites for hydroxylation is 1. The molecule has 0 spiro atoms. The van der Waals surface area contributed by atoms with Gasteiger partial charge in [-0.1, -0.05) is 25.4 Å². The summed E-state index contributed by atoms with van der Waals surface area (Å²) in [5.41, 5.74) is 1.38. The summed E-state index contributed by atoms with van der Waals surface area (Å²) in [4.78, 5) is 22.9. The van der Waals surface area contributed by atoms with Gasteiger partial charge in [-0.2, -0.15) is 0 Å². The van der Waals surface area contributed by atoms with Crippen LogP contribution >= 0.6 is 11.6 Å². The number of hydrogen-bond acceptors (Lipinski definition) is 2. The molecular formula is C16H22ClNO3. The minimum absolute atomic E-state index is 0.0557. The molecule has 4 nitrogen and oxygen atoms in total. The molecule has 1 amide bonds. The quantitative estimate of drug-likeness (QED) is 0.809. The number of carbonyl (C=O) groups excluding carboxylic acids is 1. The monoisotopic (exact) mass is 311 g/mol. The maximum Gasteiger partial charge on any atom is 0.303 e. The van der Waals surface area contributed by atoms with E-state index in [1.165, 1.54) is 0 Å². The molecule has 1 aromatic carbocycles. The fraction of sp³-hybridized carbons (Fsp3) is 0.500. The number of nitrogens with one attached hydrogen (secondary N) is 1. The van der Waals surface area contributed by atoms with E-state index in [9.17, 15) is 9.59 Å². The van der Waals surface area contributed by atoms with Gasteiger partial charge >= 0.3 is 5.97 Å². The number of aliphatic carboxylic acids is 1. The van der Waals surface area contributed by atoms with E-state index in [1.54, 1.807) is 18.2 Å². The van der Waals surface area contributed by atoms with Gasteiger partial charge in [-0.3, -0.25) is 9.59 Å². The highest BCUT2D eigenvalue weighted by Crippen LogP contribution is 2.17. The average Bonchev–Trinajstić information content (AvgIpc) is 2.37. The SMILES string of the molecule is Cc1cc(C(=O)NCC(CC(=O)O)CC(C)C)ccc1Cl. The van der Waals surface area contributed by atoms with Crippen LogP contribution in [0, 0.1) is 18.8 Å². The fourth-order valence-electron chi connectivity index (χ4n) is 2.28. The zero-order valence-corrected chi connectivity index (χ0v) is 13.4. The summed E-state index contributed by atoms with van der Waals surface area (Å²) >= 11 is 5.93. The highest BCUT2D eigenvalue weighted by molar-refractivity contribution is 6.31. The molecule has 0 aromatic heterocycles. The zero-order valence-electron chi connectivity index (χ0n) is 12.6. The molecule has 0 radical (unpaired) electrons. The van der Waals surface area contributed by atoms with Gasteiger partial charge in [0.15, 0.2) is 0 Å². The van der Waals surface area contributed by atoms with E-state index in [-0.39, 0.29) is 18.2 Å². The predicted octanol–water partition coefficient (Wildman–Crippen LogP) is 3.52. The summed E-state index contributed by atoms with van der Waals surface area (Å²) in [7, 11) is 0. The van der Waals surface area contributed by atoms with Gasteiger partial charge in [0.2, 0.25) is 0 Å². The van der Waals surface area contributed by atoms with Crippen molar-refractivity contribution in [3.8, 4) is 0 Å². The molecule has 5 heteroatoms. The second-order valence-electron chi connectivity index (χ2n) is 5.77. The maximum atomic E-state index is 12.1. The normalized spacial score (nSPS) is 12.2. The van der Waals surface area contributed by atoms with Crippen molar-refractivity contribution < 1.29 is 14.7 Å². The first-order valence-corrected chi connectivity index (χ1v) is 7.43. The Labute approximate surface area is 130 Å². The van der Waals surface area contributed by atoms with Crippen LogP contribution < -0.4 is 5.32 Å². The van der Waals surface area contributed by atoms with Crippen LogP contribution in [0.2, 0.25) is 5.02 Å². The minimum atomic E-state index is -0.836. The molecule has 0 aliphatic heterocycles. The molecule has 0 saturated carbocycles. The van der Waals surface area contributed by atoms with Gasteiger partial charge < -0.3 is 10.4 Å². The third kappa shape index (κ3) is 6.17. The van der Waals surface area contributed by atoms with Crippen LogP contribution in [0.1, 0.15) is 42.6 Å². The van der Waals surface area contributed by atoms with E-state index in [0.717, 1.165) is 12.0 Å². The summed E-state index contributed by atoms with van der Waals surface area (Å²) in [6.07, 6.45) is 0.838. The first-order valence-electron chi connectivity index (χ1n) is 7.05. The molecule has 1 atom stereocenters. The molecule has 1 rings (SSSR count). The molecule has 2 N–H and O–H groups in total. The number of hydrogen-bond donors (Lipinski definition) is 2. The molecule has 0 aliphatic rings. The highest BCUT2D eigenvalue weighted by atomic mass is 35.5. The van der Waals surface area contributed by atoms with Gasteiger partial charge in [-0.25, -0.2) is 0 Å². The summed E-state index contributed by atoms with van der Waals surface area (Å²) in [6, 6.07) is 5.08. The minimum Gasteiger partial charge on any atom is -0.481 e. The Bertz CT molecular complexity index is 514. The smallest absolute Gasteiger partial charge is 0.303 e. The molecule has 116 valence electrons. The lowest BCUT2D eigenvalue weighted by molar-refractivity contribution is -0.138. The number of carbonyl (C=O) groups is 2. The number of carboxylic acids is 1. The van der Waals surface area contributed by atoms with Gasteiger partial charge in [-0.05, 0) is 48.9 Å². The lowest BCUT2D eigenvalue weighted by Crippen LogP contribution is -2.31. The van der Waals surface area contributed by atoms with Crippen molar-refractivity contribution in [3.63, 3.8) is 0 Å². The Hall–Kier alpha value is -1.55. The summed E-state index contributed by atoms with van der Waals surface area (Å²) in [6.45, 7) is 6.29. The van der Waals surface area contributed by atoms with Crippen molar-refractivity contribution in [2.75, 3.05) is 6.54 Å². The maximum absolute atomic E-state index is 12.1. The molecule has 1 unspecified atom stereocenters.